The molecule has 0 spiro atoms. The van der Waals surface area contributed by atoms with Gasteiger partial charge in [-0.1, -0.05) is 54.6 Å². The molecule has 3 aromatic carbocycles. The third-order valence-electron chi connectivity index (χ3n) is 6.20. The Hall–Kier alpha value is -3.32. The first-order valence-electron chi connectivity index (χ1n) is 10.6. The Kier molecular flexibility index (Phi) is 5.13. The van der Waals surface area contributed by atoms with Gasteiger partial charge in [-0.25, -0.2) is 4.79 Å². The molecule has 6 nitrogen and oxygen atoms in total. The van der Waals surface area contributed by atoms with Crippen LogP contribution in [-0.2, 0) is 15.1 Å². The Morgan fingerprint density at radius 3 is 2.69 bits per heavy atom. The lowest BCUT2D eigenvalue weighted by Crippen LogP contribution is -2.44. The van der Waals surface area contributed by atoms with Crippen LogP contribution in [0.3, 0.4) is 0 Å². The van der Waals surface area contributed by atoms with E-state index >= 15 is 0 Å². The lowest BCUT2D eigenvalue weighted by molar-refractivity contribution is -0.135. The molecule has 0 bridgehead atoms. The fraction of sp³-hybridized carbons (Fsp3) is 0.240. The number of hydrogen-bond acceptors (Lipinski definition) is 4. The molecule has 4 amide bonds. The van der Waals surface area contributed by atoms with Crippen molar-refractivity contribution >= 4 is 40.4 Å². The maximum absolute atomic E-state index is 13.3. The molecule has 0 aromatic heterocycles. The van der Waals surface area contributed by atoms with Gasteiger partial charge >= 0.3 is 6.03 Å². The summed E-state index contributed by atoms with van der Waals surface area (Å²) in [6.07, 6.45) is 0.808. The summed E-state index contributed by atoms with van der Waals surface area (Å²) in [7, 11) is 0. The predicted octanol–water partition coefficient (Wildman–Crippen LogP) is 3.96. The van der Waals surface area contributed by atoms with Gasteiger partial charge in [-0.05, 0) is 47.4 Å². The number of imide groups is 1. The van der Waals surface area contributed by atoms with Crippen molar-refractivity contribution in [3.8, 4) is 0 Å². The third-order valence-corrected chi connectivity index (χ3v) is 7.32. The number of rotatable bonds is 4. The van der Waals surface area contributed by atoms with Gasteiger partial charge in [-0.15, -0.1) is 11.8 Å². The number of benzene rings is 3. The van der Waals surface area contributed by atoms with Crippen molar-refractivity contribution in [3.05, 3.63) is 77.9 Å². The number of amides is 4. The van der Waals surface area contributed by atoms with Crippen LogP contribution in [-0.4, -0.2) is 35.0 Å². The van der Waals surface area contributed by atoms with Gasteiger partial charge in [-0.2, -0.15) is 0 Å². The van der Waals surface area contributed by atoms with Crippen LogP contribution < -0.4 is 10.6 Å². The molecule has 0 aliphatic carbocycles. The van der Waals surface area contributed by atoms with Gasteiger partial charge in [0.05, 0.1) is 6.04 Å². The second-order valence-corrected chi connectivity index (χ2v) is 9.44. The average Bonchev–Trinajstić information content (AvgIpc) is 3.03. The highest BCUT2D eigenvalue weighted by atomic mass is 32.2. The Bertz CT molecular complexity index is 1240. The first-order valence-corrected chi connectivity index (χ1v) is 11.6. The number of thioether (sulfide) groups is 1. The number of carbonyl (C=O) groups excluding carboxylic acids is 3. The SMILES string of the molecule is CC1(c2ccc3ccccc3c2)NC(=O)N(CC(=O)NC2CCSc3ccccc32)C1=O. The molecular weight excluding hydrogens is 422 g/mol. The number of nitrogens with zero attached hydrogens (tertiary/aromatic N) is 1. The number of nitrogens with one attached hydrogen (secondary N) is 2. The zero-order chi connectivity index (χ0) is 22.3. The normalized spacial score (nSPS) is 22.5. The number of carbonyl (C=O) groups is 3. The molecule has 3 aromatic rings. The van der Waals surface area contributed by atoms with Crippen LogP contribution in [0.4, 0.5) is 4.79 Å². The van der Waals surface area contributed by atoms with Crippen molar-refractivity contribution in [2.75, 3.05) is 12.3 Å². The lowest BCUT2D eigenvalue weighted by Gasteiger charge is -2.26. The van der Waals surface area contributed by atoms with Gasteiger partial charge in [0.2, 0.25) is 5.91 Å². The van der Waals surface area contributed by atoms with Crippen molar-refractivity contribution in [3.63, 3.8) is 0 Å². The Balaban J connectivity index is 1.33. The van der Waals surface area contributed by atoms with Crippen molar-refractivity contribution < 1.29 is 14.4 Å². The van der Waals surface area contributed by atoms with E-state index in [1.165, 1.54) is 0 Å². The zero-order valence-electron chi connectivity index (χ0n) is 17.6. The van der Waals surface area contributed by atoms with Crippen molar-refractivity contribution in [2.24, 2.45) is 0 Å². The quantitative estimate of drug-likeness (QED) is 0.596. The van der Waals surface area contributed by atoms with Crippen LogP contribution in [0.25, 0.3) is 10.8 Å². The molecule has 2 N–H and O–H groups in total. The topological polar surface area (TPSA) is 78.5 Å². The van der Waals surface area contributed by atoms with E-state index in [9.17, 15) is 14.4 Å². The number of hydrogen-bond donors (Lipinski definition) is 2. The molecule has 0 saturated carbocycles. The smallest absolute Gasteiger partial charge is 0.325 e. The fourth-order valence-corrected chi connectivity index (χ4v) is 5.54. The molecule has 0 radical (unpaired) electrons. The summed E-state index contributed by atoms with van der Waals surface area (Å²) in [5.41, 5.74) is 0.557. The van der Waals surface area contributed by atoms with Crippen molar-refractivity contribution in [1.29, 1.82) is 0 Å². The monoisotopic (exact) mass is 445 g/mol. The van der Waals surface area contributed by atoms with Gasteiger partial charge in [0.1, 0.15) is 12.1 Å². The molecule has 5 rings (SSSR count). The van der Waals surface area contributed by atoms with Crippen molar-refractivity contribution in [1.82, 2.24) is 15.5 Å². The molecule has 2 atom stereocenters. The van der Waals surface area contributed by atoms with Crippen molar-refractivity contribution in [2.45, 2.75) is 29.8 Å². The van der Waals surface area contributed by atoms with E-state index in [-0.39, 0.29) is 18.5 Å². The second-order valence-electron chi connectivity index (χ2n) is 8.30. The van der Waals surface area contributed by atoms with Gasteiger partial charge in [0.15, 0.2) is 0 Å². The minimum atomic E-state index is -1.21. The van der Waals surface area contributed by atoms with Crippen LogP contribution in [0.5, 0.6) is 0 Å². The van der Waals surface area contributed by atoms with E-state index in [0.717, 1.165) is 38.3 Å². The third kappa shape index (κ3) is 3.52. The van der Waals surface area contributed by atoms with Crippen LogP contribution in [0.1, 0.15) is 30.5 Å². The maximum Gasteiger partial charge on any atom is 0.325 e. The Morgan fingerprint density at radius 2 is 1.84 bits per heavy atom. The molecule has 2 aliphatic heterocycles. The summed E-state index contributed by atoms with van der Waals surface area (Å²) in [4.78, 5) is 40.9. The van der Waals surface area contributed by atoms with E-state index in [4.69, 9.17) is 0 Å². The summed E-state index contributed by atoms with van der Waals surface area (Å²) in [5, 5.41) is 7.84. The van der Waals surface area contributed by atoms with E-state index < -0.39 is 17.5 Å². The predicted molar refractivity (Wildman–Crippen MR) is 124 cm³/mol. The average molecular weight is 446 g/mol. The zero-order valence-corrected chi connectivity index (χ0v) is 18.4. The molecule has 32 heavy (non-hydrogen) atoms. The highest BCUT2D eigenvalue weighted by Crippen LogP contribution is 2.36. The van der Waals surface area contributed by atoms with E-state index in [1.54, 1.807) is 18.7 Å². The highest BCUT2D eigenvalue weighted by Gasteiger charge is 2.49. The molecule has 2 unspecified atom stereocenters. The van der Waals surface area contributed by atoms with Gasteiger partial charge in [-0.3, -0.25) is 14.5 Å². The number of fused-ring (bicyclic) bond motifs is 2. The highest BCUT2D eigenvalue weighted by molar-refractivity contribution is 7.99. The molecule has 1 saturated heterocycles. The van der Waals surface area contributed by atoms with Crippen LogP contribution in [0, 0.1) is 0 Å². The fourth-order valence-electron chi connectivity index (χ4n) is 4.41. The molecule has 1 fully saturated rings. The molecule has 2 aliphatic rings. The van der Waals surface area contributed by atoms with Crippen LogP contribution in [0.2, 0.25) is 0 Å². The number of urea groups is 1. The Labute approximate surface area is 190 Å². The summed E-state index contributed by atoms with van der Waals surface area (Å²) >= 11 is 1.77. The maximum atomic E-state index is 13.3. The first kappa shape index (κ1) is 20.6. The van der Waals surface area contributed by atoms with Gasteiger partial charge in [0, 0.05) is 10.6 Å². The van der Waals surface area contributed by atoms with Gasteiger partial charge < -0.3 is 10.6 Å². The lowest BCUT2D eigenvalue weighted by atomic mass is 9.90. The van der Waals surface area contributed by atoms with Gasteiger partial charge in [0.25, 0.3) is 5.91 Å². The summed E-state index contributed by atoms with van der Waals surface area (Å²) < 4.78 is 0. The minimum Gasteiger partial charge on any atom is -0.348 e. The van der Waals surface area contributed by atoms with Crippen LogP contribution >= 0.6 is 11.8 Å². The van der Waals surface area contributed by atoms with Crippen LogP contribution in [0.15, 0.2) is 71.6 Å². The molecule has 2 heterocycles. The van der Waals surface area contributed by atoms with E-state index in [1.807, 2.05) is 66.7 Å². The first-order chi connectivity index (χ1) is 15.5. The van der Waals surface area contributed by atoms with E-state index in [0.29, 0.717) is 5.56 Å². The summed E-state index contributed by atoms with van der Waals surface area (Å²) in [6, 6.07) is 20.9. The molecular formula is C25H23N3O3S. The standard InChI is InChI=1S/C25H23N3O3S/c1-25(18-11-10-16-6-2-3-7-17(16)14-18)23(30)28(24(31)27-25)15-22(29)26-20-12-13-32-21-9-5-4-8-19(20)21/h2-11,14,20H,12-13,15H2,1H3,(H,26,29)(H,27,31). The largest absolute Gasteiger partial charge is 0.348 e. The molecule has 162 valence electrons. The summed E-state index contributed by atoms with van der Waals surface area (Å²) in [5.74, 6) is 0.140. The van der Waals surface area contributed by atoms with E-state index in [2.05, 4.69) is 10.6 Å². The summed E-state index contributed by atoms with van der Waals surface area (Å²) in [6.45, 7) is 1.38. The minimum absolute atomic E-state index is 0.118. The Morgan fingerprint density at radius 1 is 1.09 bits per heavy atom. The molecule has 7 heteroatoms. The second kappa shape index (κ2) is 7.98.